The van der Waals surface area contributed by atoms with Gasteiger partial charge in [-0.15, -0.1) is 10.2 Å². The van der Waals surface area contributed by atoms with Gasteiger partial charge in [0.2, 0.25) is 5.13 Å². The smallest absolute Gasteiger partial charge is 0.203 e. The Hall–Kier alpha value is -0.730. The van der Waals surface area contributed by atoms with Crippen LogP contribution in [0.3, 0.4) is 0 Å². The van der Waals surface area contributed by atoms with Crippen molar-refractivity contribution in [3.05, 3.63) is 0 Å². The van der Waals surface area contributed by atoms with Gasteiger partial charge >= 0.3 is 0 Å². The second kappa shape index (κ2) is 4.67. The van der Waals surface area contributed by atoms with Crippen molar-refractivity contribution in [3.63, 3.8) is 0 Å². The molecule has 0 saturated carbocycles. The van der Waals surface area contributed by atoms with Crippen molar-refractivity contribution in [1.29, 1.82) is 0 Å². The van der Waals surface area contributed by atoms with E-state index in [4.69, 9.17) is 5.73 Å². The molecule has 1 aromatic heterocycles. The van der Waals surface area contributed by atoms with Crippen molar-refractivity contribution in [1.82, 2.24) is 10.2 Å². The quantitative estimate of drug-likeness (QED) is 0.622. The third-order valence-electron chi connectivity index (χ3n) is 1.15. The molecule has 0 aliphatic heterocycles. The number of nitrogens with zero attached hydrogens (tertiary/aromatic N) is 2. The van der Waals surface area contributed by atoms with E-state index < -0.39 is 0 Å². The first-order valence-corrected chi connectivity index (χ1v) is 5.99. The molecule has 0 aliphatic carbocycles. The Morgan fingerprint density at radius 3 is 2.64 bits per heavy atom. The van der Waals surface area contributed by atoms with Gasteiger partial charge in [0, 0.05) is 5.41 Å². The van der Waals surface area contributed by atoms with Gasteiger partial charge < -0.3 is 5.73 Å². The van der Waals surface area contributed by atoms with Crippen LogP contribution in [0.4, 0.5) is 5.13 Å². The second-order valence-corrected chi connectivity index (χ2v) is 5.98. The molecule has 0 unspecified atom stereocenters. The Labute approximate surface area is 92.5 Å². The molecule has 0 fully saturated rings. The zero-order valence-electron chi connectivity index (χ0n) is 8.50. The van der Waals surface area contributed by atoms with E-state index >= 15 is 0 Å². The Bertz CT molecular complexity index is 354. The van der Waals surface area contributed by atoms with Crippen molar-refractivity contribution in [2.75, 3.05) is 11.5 Å². The maximum atomic E-state index is 5.45. The highest BCUT2D eigenvalue weighted by Gasteiger charge is 2.03. The summed E-state index contributed by atoms with van der Waals surface area (Å²) in [7, 11) is 0. The van der Waals surface area contributed by atoms with Gasteiger partial charge in [0.25, 0.3) is 0 Å². The molecule has 2 N–H and O–H groups in total. The van der Waals surface area contributed by atoms with Crippen LogP contribution in [0.15, 0.2) is 4.34 Å². The van der Waals surface area contributed by atoms with Crippen LogP contribution in [0.2, 0.25) is 0 Å². The van der Waals surface area contributed by atoms with Crippen molar-refractivity contribution in [2.24, 2.45) is 5.41 Å². The zero-order chi connectivity index (χ0) is 10.6. The van der Waals surface area contributed by atoms with Gasteiger partial charge in [-0.3, -0.25) is 0 Å². The normalized spacial score (nSPS) is 10.8. The maximum Gasteiger partial charge on any atom is 0.203 e. The molecule has 1 aromatic rings. The fraction of sp³-hybridized carbons (Fsp3) is 0.556. The molecule has 76 valence electrons. The first-order chi connectivity index (χ1) is 6.47. The summed E-state index contributed by atoms with van der Waals surface area (Å²) in [5.74, 6) is 6.99. The summed E-state index contributed by atoms with van der Waals surface area (Å²) in [4.78, 5) is 0. The highest BCUT2D eigenvalue weighted by Crippen LogP contribution is 2.22. The topological polar surface area (TPSA) is 51.8 Å². The van der Waals surface area contributed by atoms with Gasteiger partial charge in [-0.05, 0) is 20.8 Å². The average molecular weight is 227 g/mol. The molecule has 0 bridgehead atoms. The minimum Gasteiger partial charge on any atom is -0.374 e. The van der Waals surface area contributed by atoms with Crippen LogP contribution >= 0.6 is 23.1 Å². The molecule has 0 aliphatic rings. The molecule has 0 spiro atoms. The predicted octanol–water partition coefficient (Wildman–Crippen LogP) is 2.26. The minimum atomic E-state index is 0.0702. The van der Waals surface area contributed by atoms with Crippen LogP contribution in [-0.4, -0.2) is 16.0 Å². The molecular weight excluding hydrogens is 214 g/mol. The van der Waals surface area contributed by atoms with E-state index in [9.17, 15) is 0 Å². The number of thioether (sulfide) groups is 1. The van der Waals surface area contributed by atoms with E-state index in [0.717, 1.165) is 10.1 Å². The number of nitrogen functional groups attached to an aromatic ring is 1. The molecule has 0 amide bonds. The third kappa shape index (κ3) is 4.49. The average Bonchev–Trinajstić information content (AvgIpc) is 2.44. The van der Waals surface area contributed by atoms with Gasteiger partial charge in [0.1, 0.15) is 0 Å². The lowest BCUT2D eigenvalue weighted by Gasteiger charge is -2.06. The van der Waals surface area contributed by atoms with E-state index in [1.54, 1.807) is 11.8 Å². The Kier molecular flexibility index (Phi) is 3.78. The first-order valence-electron chi connectivity index (χ1n) is 4.19. The largest absolute Gasteiger partial charge is 0.374 e. The fourth-order valence-corrected chi connectivity index (χ4v) is 2.05. The van der Waals surface area contributed by atoms with E-state index in [2.05, 4.69) is 42.8 Å². The van der Waals surface area contributed by atoms with Crippen molar-refractivity contribution in [2.45, 2.75) is 25.1 Å². The molecular formula is C9H13N3S2. The molecule has 5 heteroatoms. The van der Waals surface area contributed by atoms with Crippen LogP contribution in [0.1, 0.15) is 20.8 Å². The summed E-state index contributed by atoms with van der Waals surface area (Å²) < 4.78 is 0.880. The Morgan fingerprint density at radius 2 is 2.14 bits per heavy atom. The SMILES string of the molecule is CC(C)(C)C#CCSc1nnc(N)s1. The summed E-state index contributed by atoms with van der Waals surface area (Å²) >= 11 is 2.97. The lowest BCUT2D eigenvalue weighted by atomic mass is 9.98. The number of hydrogen-bond acceptors (Lipinski definition) is 5. The maximum absolute atomic E-state index is 5.45. The summed E-state index contributed by atoms with van der Waals surface area (Å²) in [5.41, 5.74) is 5.52. The summed E-state index contributed by atoms with van der Waals surface area (Å²) in [6.07, 6.45) is 0. The number of nitrogens with two attached hydrogens (primary N) is 1. The van der Waals surface area contributed by atoms with E-state index in [1.807, 2.05) is 0 Å². The molecule has 14 heavy (non-hydrogen) atoms. The fourth-order valence-electron chi connectivity index (χ4n) is 0.678. The predicted molar refractivity (Wildman–Crippen MR) is 62.3 cm³/mol. The monoisotopic (exact) mass is 227 g/mol. The molecule has 0 saturated heterocycles. The lowest BCUT2D eigenvalue weighted by Crippen LogP contribution is -1.99. The van der Waals surface area contributed by atoms with Crippen molar-refractivity contribution in [3.8, 4) is 11.8 Å². The summed E-state index contributed by atoms with van der Waals surface area (Å²) in [5, 5.41) is 8.12. The van der Waals surface area contributed by atoms with E-state index in [-0.39, 0.29) is 5.41 Å². The number of rotatable bonds is 2. The first kappa shape index (κ1) is 11.3. The number of hydrogen-bond donors (Lipinski definition) is 1. The Balaban J connectivity index is 2.38. The van der Waals surface area contributed by atoms with Gasteiger partial charge in [-0.25, -0.2) is 0 Å². The highest BCUT2D eigenvalue weighted by atomic mass is 32.2. The third-order valence-corrected chi connectivity index (χ3v) is 2.92. The van der Waals surface area contributed by atoms with Crippen molar-refractivity contribution >= 4 is 28.2 Å². The highest BCUT2D eigenvalue weighted by molar-refractivity contribution is 8.01. The second-order valence-electron chi connectivity index (χ2n) is 3.75. The summed E-state index contributed by atoms with van der Waals surface area (Å²) in [6.45, 7) is 6.27. The van der Waals surface area contributed by atoms with Crippen LogP contribution < -0.4 is 5.73 Å². The molecule has 0 atom stereocenters. The van der Waals surface area contributed by atoms with Gasteiger partial charge in [0.05, 0.1) is 5.75 Å². The van der Waals surface area contributed by atoms with Crippen molar-refractivity contribution < 1.29 is 0 Å². The minimum absolute atomic E-state index is 0.0702. The zero-order valence-corrected chi connectivity index (χ0v) is 10.1. The van der Waals surface area contributed by atoms with Gasteiger partial charge in [-0.2, -0.15) is 0 Å². The van der Waals surface area contributed by atoms with Gasteiger partial charge in [-0.1, -0.05) is 34.9 Å². The standard InChI is InChI=1S/C9H13N3S2/c1-9(2,3)5-4-6-13-8-12-11-7(10)14-8/h6H2,1-3H3,(H2,10,11). The summed E-state index contributed by atoms with van der Waals surface area (Å²) in [6, 6.07) is 0. The van der Waals surface area contributed by atoms with Crippen LogP contribution in [0, 0.1) is 17.3 Å². The van der Waals surface area contributed by atoms with E-state index in [0.29, 0.717) is 5.13 Å². The molecule has 3 nitrogen and oxygen atoms in total. The Morgan fingerprint density at radius 1 is 1.43 bits per heavy atom. The molecule has 1 rings (SSSR count). The van der Waals surface area contributed by atoms with E-state index in [1.165, 1.54) is 11.3 Å². The lowest BCUT2D eigenvalue weighted by molar-refractivity contribution is 0.571. The van der Waals surface area contributed by atoms with Crippen LogP contribution in [-0.2, 0) is 0 Å². The van der Waals surface area contributed by atoms with Crippen LogP contribution in [0.25, 0.3) is 0 Å². The van der Waals surface area contributed by atoms with Crippen LogP contribution in [0.5, 0.6) is 0 Å². The molecule has 1 heterocycles. The van der Waals surface area contributed by atoms with Gasteiger partial charge in [0.15, 0.2) is 4.34 Å². The molecule has 0 aromatic carbocycles. The number of anilines is 1. The number of aromatic nitrogens is 2. The molecule has 0 radical (unpaired) electrons.